The Kier molecular flexibility index (Phi) is 4.25. The van der Waals surface area contributed by atoms with Gasteiger partial charge in [-0.25, -0.2) is 13.1 Å². The zero-order valence-electron chi connectivity index (χ0n) is 14.2. The van der Waals surface area contributed by atoms with Crippen molar-refractivity contribution >= 4 is 10.0 Å². The fourth-order valence-electron chi connectivity index (χ4n) is 2.89. The summed E-state index contributed by atoms with van der Waals surface area (Å²) in [6, 6.07) is 8.63. The van der Waals surface area contributed by atoms with Crippen molar-refractivity contribution in [3.05, 3.63) is 48.0 Å². The lowest BCUT2D eigenvalue weighted by Crippen LogP contribution is -2.23. The summed E-state index contributed by atoms with van der Waals surface area (Å²) in [5.41, 5.74) is 1.72. The maximum atomic E-state index is 12.5. The van der Waals surface area contributed by atoms with E-state index in [1.165, 1.54) is 6.07 Å². The summed E-state index contributed by atoms with van der Waals surface area (Å²) in [4.78, 5) is 4.47. The molecular formula is C17H18N4O4S. The van der Waals surface area contributed by atoms with Gasteiger partial charge in [-0.05, 0) is 42.8 Å². The van der Waals surface area contributed by atoms with Crippen molar-refractivity contribution in [1.82, 2.24) is 19.4 Å². The number of nitrogens with one attached hydrogen (secondary N) is 1. The molecule has 0 radical (unpaired) electrons. The van der Waals surface area contributed by atoms with Crippen LogP contribution in [0, 0.1) is 0 Å². The highest BCUT2D eigenvalue weighted by Crippen LogP contribution is 2.27. The van der Waals surface area contributed by atoms with E-state index in [0.29, 0.717) is 18.9 Å². The van der Waals surface area contributed by atoms with Crippen LogP contribution in [0.5, 0.6) is 5.75 Å². The van der Waals surface area contributed by atoms with Crippen LogP contribution in [0.25, 0.3) is 11.5 Å². The number of hydrogen-bond donors (Lipinski definition) is 1. The van der Waals surface area contributed by atoms with Crippen molar-refractivity contribution in [2.45, 2.75) is 31.3 Å². The van der Waals surface area contributed by atoms with Crippen molar-refractivity contribution in [3.63, 3.8) is 0 Å². The van der Waals surface area contributed by atoms with Gasteiger partial charge in [0.05, 0.1) is 23.7 Å². The Balaban J connectivity index is 1.49. The molecule has 26 heavy (non-hydrogen) atoms. The smallest absolute Gasteiger partial charge is 0.242 e. The minimum Gasteiger partial charge on any atom is -0.493 e. The van der Waals surface area contributed by atoms with Crippen LogP contribution in [0.2, 0.25) is 0 Å². The Morgan fingerprint density at radius 1 is 1.31 bits per heavy atom. The average Bonchev–Trinajstić information content (AvgIpc) is 3.38. The van der Waals surface area contributed by atoms with Crippen LogP contribution >= 0.6 is 0 Å². The third kappa shape index (κ3) is 3.11. The molecule has 8 nitrogen and oxygen atoms in total. The van der Waals surface area contributed by atoms with Crippen LogP contribution in [0.15, 0.2) is 45.9 Å². The van der Waals surface area contributed by atoms with Gasteiger partial charge < -0.3 is 13.8 Å². The fourth-order valence-corrected chi connectivity index (χ4v) is 3.92. The predicted octanol–water partition coefficient (Wildman–Crippen LogP) is 1.97. The molecule has 1 aliphatic heterocycles. The highest BCUT2D eigenvalue weighted by Gasteiger charge is 2.20. The van der Waals surface area contributed by atoms with E-state index >= 15 is 0 Å². The highest BCUT2D eigenvalue weighted by atomic mass is 32.2. The van der Waals surface area contributed by atoms with E-state index < -0.39 is 10.0 Å². The van der Waals surface area contributed by atoms with Crippen LogP contribution in [-0.2, 0) is 29.5 Å². The first-order valence-electron chi connectivity index (χ1n) is 8.30. The third-order valence-electron chi connectivity index (χ3n) is 4.25. The molecule has 0 bridgehead atoms. The molecule has 9 heteroatoms. The number of hydrogen-bond acceptors (Lipinski definition) is 6. The second-order valence-corrected chi connectivity index (χ2v) is 7.65. The average molecular weight is 374 g/mol. The minimum absolute atomic E-state index is 0.0737. The van der Waals surface area contributed by atoms with E-state index in [0.717, 1.165) is 23.6 Å². The molecule has 3 aromatic rings. The lowest BCUT2D eigenvalue weighted by molar-refractivity contribution is 0.356. The number of benzene rings is 1. The Hall–Kier alpha value is -2.65. The molecule has 0 spiro atoms. The summed E-state index contributed by atoms with van der Waals surface area (Å²) in [6.45, 7) is 3.30. The molecule has 1 aliphatic rings. The van der Waals surface area contributed by atoms with Gasteiger partial charge in [0, 0.05) is 19.2 Å². The standard InChI is InChI=1S/C17H18N4O4S/c1-2-21-8-3-4-14(21)17-19-16(25-20-17)11-18-26(22,23)13-5-6-15-12(10-13)7-9-24-15/h3-6,8,10,18H,2,7,9,11H2,1H3. The van der Waals surface area contributed by atoms with Crippen LogP contribution in [0.3, 0.4) is 0 Å². The number of aromatic nitrogens is 3. The van der Waals surface area contributed by atoms with E-state index in [1.54, 1.807) is 12.1 Å². The first-order chi connectivity index (χ1) is 12.6. The summed E-state index contributed by atoms with van der Waals surface area (Å²) < 4.78 is 40.0. The summed E-state index contributed by atoms with van der Waals surface area (Å²) >= 11 is 0. The summed E-state index contributed by atoms with van der Waals surface area (Å²) in [6.07, 6.45) is 2.63. The maximum Gasteiger partial charge on any atom is 0.242 e. The molecule has 0 unspecified atom stereocenters. The molecule has 1 aromatic carbocycles. The molecule has 1 N–H and O–H groups in total. The molecule has 0 saturated heterocycles. The molecule has 0 aliphatic carbocycles. The molecule has 0 saturated carbocycles. The first kappa shape index (κ1) is 16.8. The van der Waals surface area contributed by atoms with Crippen molar-refractivity contribution < 1.29 is 17.7 Å². The van der Waals surface area contributed by atoms with Crippen LogP contribution in [0.1, 0.15) is 18.4 Å². The summed E-state index contributed by atoms with van der Waals surface area (Å²) in [5, 5.41) is 3.93. The van der Waals surface area contributed by atoms with Gasteiger partial charge in [-0.3, -0.25) is 0 Å². The zero-order valence-corrected chi connectivity index (χ0v) is 15.0. The second-order valence-electron chi connectivity index (χ2n) is 5.88. The van der Waals surface area contributed by atoms with E-state index in [4.69, 9.17) is 9.26 Å². The second kappa shape index (κ2) is 6.58. The molecule has 2 aromatic heterocycles. The lowest BCUT2D eigenvalue weighted by Gasteiger charge is -2.06. The summed E-state index contributed by atoms with van der Waals surface area (Å²) in [7, 11) is -3.68. The van der Waals surface area contributed by atoms with E-state index in [1.807, 2.05) is 29.8 Å². The van der Waals surface area contributed by atoms with Crippen LogP contribution in [0.4, 0.5) is 0 Å². The van der Waals surface area contributed by atoms with Gasteiger partial charge >= 0.3 is 0 Å². The lowest BCUT2D eigenvalue weighted by atomic mass is 10.2. The Morgan fingerprint density at radius 2 is 2.19 bits per heavy atom. The normalized spacial score (nSPS) is 13.6. The molecule has 4 rings (SSSR count). The monoisotopic (exact) mass is 374 g/mol. The number of aryl methyl sites for hydroxylation is 1. The van der Waals surface area contributed by atoms with E-state index in [2.05, 4.69) is 14.9 Å². The molecule has 136 valence electrons. The Labute approximate surface area is 150 Å². The molecule has 0 fully saturated rings. The number of rotatable bonds is 6. The quantitative estimate of drug-likeness (QED) is 0.708. The van der Waals surface area contributed by atoms with E-state index in [-0.39, 0.29) is 17.3 Å². The largest absolute Gasteiger partial charge is 0.493 e. The van der Waals surface area contributed by atoms with Gasteiger partial charge in [-0.1, -0.05) is 5.16 Å². The molecule has 3 heterocycles. The maximum absolute atomic E-state index is 12.5. The number of fused-ring (bicyclic) bond motifs is 1. The van der Waals surface area contributed by atoms with E-state index in [9.17, 15) is 8.42 Å². The van der Waals surface area contributed by atoms with Gasteiger partial charge in [0.2, 0.25) is 21.7 Å². The molecule has 0 amide bonds. The topological polar surface area (TPSA) is 99.2 Å². The highest BCUT2D eigenvalue weighted by molar-refractivity contribution is 7.89. The van der Waals surface area contributed by atoms with Crippen LogP contribution < -0.4 is 9.46 Å². The number of sulfonamides is 1. The number of ether oxygens (including phenoxy) is 1. The van der Waals surface area contributed by atoms with Gasteiger partial charge in [0.15, 0.2) is 0 Å². The first-order valence-corrected chi connectivity index (χ1v) is 9.78. The van der Waals surface area contributed by atoms with Crippen molar-refractivity contribution in [3.8, 4) is 17.3 Å². The van der Waals surface area contributed by atoms with Crippen molar-refractivity contribution in [1.29, 1.82) is 0 Å². The zero-order chi connectivity index (χ0) is 18.1. The predicted molar refractivity (Wildman–Crippen MR) is 93.1 cm³/mol. The Morgan fingerprint density at radius 3 is 3.04 bits per heavy atom. The third-order valence-corrected chi connectivity index (χ3v) is 5.65. The van der Waals surface area contributed by atoms with Crippen molar-refractivity contribution in [2.24, 2.45) is 0 Å². The molecular weight excluding hydrogens is 356 g/mol. The fraction of sp³-hybridized carbons (Fsp3) is 0.294. The van der Waals surface area contributed by atoms with Gasteiger partial charge in [0.1, 0.15) is 5.75 Å². The SMILES string of the molecule is CCn1cccc1-c1noc(CNS(=O)(=O)c2ccc3c(c2)CCO3)n1. The van der Waals surface area contributed by atoms with Crippen LogP contribution in [-0.4, -0.2) is 29.7 Å². The Bertz CT molecular complexity index is 1040. The van der Waals surface area contributed by atoms with Gasteiger partial charge in [-0.15, -0.1) is 0 Å². The van der Waals surface area contributed by atoms with Gasteiger partial charge in [-0.2, -0.15) is 4.98 Å². The number of nitrogens with zero attached hydrogens (tertiary/aromatic N) is 3. The van der Waals surface area contributed by atoms with Crippen molar-refractivity contribution in [2.75, 3.05) is 6.61 Å². The molecule has 0 atom stereocenters. The summed E-state index contributed by atoms with van der Waals surface area (Å²) in [5.74, 6) is 1.38. The van der Waals surface area contributed by atoms with Gasteiger partial charge in [0.25, 0.3) is 0 Å². The minimum atomic E-state index is -3.68.